The van der Waals surface area contributed by atoms with Crippen molar-refractivity contribution in [2.24, 2.45) is 17.0 Å². The zero-order valence-corrected chi connectivity index (χ0v) is 16.7. The Bertz CT molecular complexity index is 778. The average Bonchev–Trinajstić information content (AvgIpc) is 3.06. The Morgan fingerprint density at radius 2 is 1.70 bits per heavy atom. The van der Waals surface area contributed by atoms with Crippen LogP contribution in [0.15, 0.2) is 35.5 Å². The van der Waals surface area contributed by atoms with Crippen LogP contribution in [0.3, 0.4) is 0 Å². The van der Waals surface area contributed by atoms with Crippen LogP contribution in [0.5, 0.6) is 0 Å². The lowest BCUT2D eigenvalue weighted by Gasteiger charge is -2.42. The molecule has 27 heavy (non-hydrogen) atoms. The van der Waals surface area contributed by atoms with Gasteiger partial charge in [0.15, 0.2) is 0 Å². The monoisotopic (exact) mass is 367 g/mol. The molecule has 1 aliphatic carbocycles. The van der Waals surface area contributed by atoms with Gasteiger partial charge in [-0.05, 0) is 62.5 Å². The molecule has 0 amide bonds. The summed E-state index contributed by atoms with van der Waals surface area (Å²) in [6, 6.07) is 11.9. The van der Waals surface area contributed by atoms with Gasteiger partial charge in [0.2, 0.25) is 0 Å². The fourth-order valence-corrected chi connectivity index (χ4v) is 5.41. The van der Waals surface area contributed by atoms with Crippen LogP contribution in [-0.2, 0) is 0 Å². The van der Waals surface area contributed by atoms with Gasteiger partial charge in [0.25, 0.3) is 0 Å². The summed E-state index contributed by atoms with van der Waals surface area (Å²) in [6.07, 6.45) is 9.50. The molecule has 0 radical (unpaired) electrons. The fraction of sp³-hybridized carbons (Fsp3) is 0.609. The molecule has 146 valence electrons. The number of benzene rings is 1. The second kappa shape index (κ2) is 8.05. The Hall–Kier alpha value is -1.81. The zero-order chi connectivity index (χ0) is 18.8. The van der Waals surface area contributed by atoms with E-state index in [1.807, 2.05) is 0 Å². The highest BCUT2D eigenvalue weighted by molar-refractivity contribution is 5.90. The predicted molar refractivity (Wildman–Crippen MR) is 112 cm³/mol. The van der Waals surface area contributed by atoms with E-state index in [1.165, 1.54) is 62.5 Å². The Morgan fingerprint density at radius 3 is 2.37 bits per heavy atom. The summed E-state index contributed by atoms with van der Waals surface area (Å²) in [4.78, 5) is 2.75. The van der Waals surface area contributed by atoms with E-state index in [9.17, 15) is 0 Å². The number of hydrogen-bond acceptors (Lipinski definition) is 3. The molecule has 1 saturated carbocycles. The molecule has 4 heteroatoms. The van der Waals surface area contributed by atoms with Crippen molar-refractivity contribution in [2.45, 2.75) is 64.5 Å². The second-order valence-corrected chi connectivity index (χ2v) is 8.82. The van der Waals surface area contributed by atoms with Crippen molar-refractivity contribution >= 4 is 17.1 Å². The third kappa shape index (κ3) is 3.77. The normalized spacial score (nSPS) is 25.7. The summed E-state index contributed by atoms with van der Waals surface area (Å²) in [5, 5.41) is 13.6. The molecule has 1 aromatic heterocycles. The van der Waals surface area contributed by atoms with Crippen LogP contribution in [0.25, 0.3) is 10.9 Å². The van der Waals surface area contributed by atoms with Crippen molar-refractivity contribution < 1.29 is 5.21 Å². The Balaban J connectivity index is 1.44. The maximum absolute atomic E-state index is 9.09. The maximum Gasteiger partial charge on any atom is 0.0898 e. The minimum absolute atomic E-state index is 0.487. The van der Waals surface area contributed by atoms with Gasteiger partial charge in [-0.15, -0.1) is 0 Å². The number of aromatic nitrogens is 1. The molecule has 1 N–H and O–H groups in total. The second-order valence-electron chi connectivity index (χ2n) is 8.82. The highest BCUT2D eigenvalue weighted by Crippen LogP contribution is 2.35. The fourth-order valence-electron chi connectivity index (χ4n) is 5.41. The summed E-state index contributed by atoms with van der Waals surface area (Å²) in [5.74, 6) is 1.77. The van der Waals surface area contributed by atoms with E-state index in [1.54, 1.807) is 6.21 Å². The van der Waals surface area contributed by atoms with Crippen LogP contribution in [0.2, 0.25) is 0 Å². The summed E-state index contributed by atoms with van der Waals surface area (Å²) in [5.41, 5.74) is 2.26. The number of nitrogens with zero attached hydrogens (tertiary/aromatic N) is 3. The third-order valence-corrected chi connectivity index (χ3v) is 7.03. The Kier molecular flexibility index (Phi) is 5.53. The molecule has 2 heterocycles. The van der Waals surface area contributed by atoms with Crippen LogP contribution in [0.1, 0.15) is 64.1 Å². The van der Waals surface area contributed by atoms with Crippen molar-refractivity contribution in [3.8, 4) is 0 Å². The van der Waals surface area contributed by atoms with Gasteiger partial charge in [-0.25, -0.2) is 0 Å². The van der Waals surface area contributed by atoms with Crippen LogP contribution in [0.4, 0.5) is 0 Å². The summed E-state index contributed by atoms with van der Waals surface area (Å²) in [7, 11) is 0. The van der Waals surface area contributed by atoms with Crippen LogP contribution < -0.4 is 0 Å². The smallest absolute Gasteiger partial charge is 0.0898 e. The minimum Gasteiger partial charge on any atom is -0.411 e. The van der Waals surface area contributed by atoms with Crippen LogP contribution in [0, 0.1) is 11.8 Å². The van der Waals surface area contributed by atoms with Gasteiger partial charge in [0.05, 0.1) is 11.9 Å². The molecule has 2 aromatic rings. The lowest BCUT2D eigenvalue weighted by atomic mass is 9.79. The largest absolute Gasteiger partial charge is 0.411 e. The number of likely N-dealkylation sites (tertiary alicyclic amines) is 1. The first kappa shape index (κ1) is 18.5. The summed E-state index contributed by atoms with van der Waals surface area (Å²) in [6.45, 7) is 7.13. The number of rotatable bonds is 4. The van der Waals surface area contributed by atoms with E-state index >= 15 is 0 Å². The molecule has 2 aliphatic rings. The first-order chi connectivity index (χ1) is 13.2. The number of piperidine rings is 1. The molecule has 2 fully saturated rings. The van der Waals surface area contributed by atoms with Gasteiger partial charge in [0, 0.05) is 36.1 Å². The van der Waals surface area contributed by atoms with E-state index in [0.29, 0.717) is 6.04 Å². The van der Waals surface area contributed by atoms with Crippen molar-refractivity contribution in [1.82, 2.24) is 9.47 Å². The number of oxime groups is 1. The van der Waals surface area contributed by atoms with E-state index in [4.69, 9.17) is 5.21 Å². The van der Waals surface area contributed by atoms with Crippen LogP contribution >= 0.6 is 0 Å². The van der Waals surface area contributed by atoms with Crippen molar-refractivity contribution in [2.75, 3.05) is 13.1 Å². The molecule has 1 aliphatic heterocycles. The number of para-hydroxylation sites is 1. The lowest BCUT2D eigenvalue weighted by molar-refractivity contribution is 0.0893. The molecule has 0 atom stereocenters. The molecule has 0 spiro atoms. The van der Waals surface area contributed by atoms with E-state index in [-0.39, 0.29) is 0 Å². The molecule has 0 bridgehead atoms. The molecule has 1 aromatic carbocycles. The first-order valence-electron chi connectivity index (χ1n) is 10.7. The van der Waals surface area contributed by atoms with Crippen molar-refractivity contribution in [1.29, 1.82) is 0 Å². The van der Waals surface area contributed by atoms with Gasteiger partial charge in [0.1, 0.15) is 0 Å². The summed E-state index contributed by atoms with van der Waals surface area (Å²) < 4.78 is 2.39. The first-order valence-corrected chi connectivity index (χ1v) is 10.7. The molecule has 4 rings (SSSR count). The van der Waals surface area contributed by atoms with E-state index in [0.717, 1.165) is 23.6 Å². The predicted octanol–water partition coefficient (Wildman–Crippen LogP) is 5.30. The highest BCUT2D eigenvalue weighted by Gasteiger charge is 2.31. The van der Waals surface area contributed by atoms with Crippen LogP contribution in [-0.4, -0.2) is 40.0 Å². The third-order valence-electron chi connectivity index (χ3n) is 7.03. The Labute approximate surface area is 162 Å². The minimum atomic E-state index is 0.487. The van der Waals surface area contributed by atoms with Gasteiger partial charge >= 0.3 is 0 Å². The zero-order valence-electron chi connectivity index (χ0n) is 16.7. The molecular weight excluding hydrogens is 334 g/mol. The van der Waals surface area contributed by atoms with E-state index in [2.05, 4.69) is 58.8 Å². The Morgan fingerprint density at radius 1 is 1.00 bits per heavy atom. The summed E-state index contributed by atoms with van der Waals surface area (Å²) >= 11 is 0. The highest BCUT2D eigenvalue weighted by atomic mass is 16.4. The van der Waals surface area contributed by atoms with Gasteiger partial charge < -0.3 is 14.7 Å². The topological polar surface area (TPSA) is 40.8 Å². The maximum atomic E-state index is 9.09. The SMILES string of the molecule is CC(C)[C@H]1CC[C@@H](N2CCC(n3c(/C=N\O)cc4ccccc43)CC2)CC1. The van der Waals surface area contributed by atoms with Crippen molar-refractivity contribution in [3.63, 3.8) is 0 Å². The average molecular weight is 368 g/mol. The molecule has 1 saturated heterocycles. The van der Waals surface area contributed by atoms with Gasteiger partial charge in [-0.1, -0.05) is 37.2 Å². The van der Waals surface area contributed by atoms with E-state index < -0.39 is 0 Å². The molecule has 4 nitrogen and oxygen atoms in total. The molecular formula is C23H33N3O. The molecule has 0 unspecified atom stereocenters. The quantitative estimate of drug-likeness (QED) is 0.452. The standard InChI is InChI=1S/C23H33N3O/c1-17(2)18-7-9-20(10-8-18)25-13-11-21(12-14-25)26-22(16-24-27)15-19-5-3-4-6-23(19)26/h3-6,15-18,20-21,27H,7-14H2,1-2H3/b24-16-/t18-,20+. The number of fused-ring (bicyclic) bond motifs is 1. The lowest BCUT2D eigenvalue weighted by Crippen LogP contribution is -2.44. The van der Waals surface area contributed by atoms with Gasteiger partial charge in [-0.3, -0.25) is 0 Å². The van der Waals surface area contributed by atoms with Gasteiger partial charge in [-0.2, -0.15) is 0 Å². The van der Waals surface area contributed by atoms with Crippen molar-refractivity contribution in [3.05, 3.63) is 36.0 Å². The number of hydrogen-bond donors (Lipinski definition) is 1.